The molecule has 3 unspecified atom stereocenters. The van der Waals surface area contributed by atoms with Gasteiger partial charge in [-0.1, -0.05) is 6.92 Å². The highest BCUT2D eigenvalue weighted by Crippen LogP contribution is 2.39. The van der Waals surface area contributed by atoms with Gasteiger partial charge in [0.05, 0.1) is 17.6 Å². The molecule has 1 rings (SSSR count). The summed E-state index contributed by atoms with van der Waals surface area (Å²) in [6, 6.07) is 0. The van der Waals surface area contributed by atoms with Crippen LogP contribution in [-0.2, 0) is 9.84 Å². The van der Waals surface area contributed by atoms with Gasteiger partial charge in [0.1, 0.15) is 0 Å². The molecular formula is C9H19NO3S. The topological polar surface area (TPSA) is 80.4 Å². The average Bonchev–Trinajstić information content (AvgIpc) is 2.41. The van der Waals surface area contributed by atoms with Crippen molar-refractivity contribution in [3.05, 3.63) is 0 Å². The van der Waals surface area contributed by atoms with Crippen LogP contribution < -0.4 is 5.73 Å². The van der Waals surface area contributed by atoms with Gasteiger partial charge in [0.2, 0.25) is 0 Å². The number of aliphatic hydroxyl groups is 1. The van der Waals surface area contributed by atoms with Gasteiger partial charge in [-0.2, -0.15) is 0 Å². The fourth-order valence-corrected chi connectivity index (χ4v) is 4.42. The van der Waals surface area contributed by atoms with Crippen LogP contribution in [0.3, 0.4) is 0 Å². The van der Waals surface area contributed by atoms with Crippen LogP contribution in [0.4, 0.5) is 0 Å². The number of aliphatic hydroxyl groups excluding tert-OH is 1. The van der Waals surface area contributed by atoms with Crippen LogP contribution >= 0.6 is 0 Å². The second-order valence-corrected chi connectivity index (χ2v) is 6.62. The molecule has 3 atom stereocenters. The molecule has 0 radical (unpaired) electrons. The van der Waals surface area contributed by atoms with E-state index in [1.807, 2.05) is 6.92 Å². The number of sulfone groups is 1. The lowest BCUT2D eigenvalue weighted by molar-refractivity contribution is 0.0568. The normalized spacial score (nSPS) is 35.4. The van der Waals surface area contributed by atoms with Gasteiger partial charge in [0.25, 0.3) is 0 Å². The average molecular weight is 221 g/mol. The van der Waals surface area contributed by atoms with Crippen molar-refractivity contribution < 1.29 is 13.5 Å². The molecule has 4 nitrogen and oxygen atoms in total. The number of rotatable bonds is 3. The first-order valence-corrected chi connectivity index (χ1v) is 6.74. The minimum Gasteiger partial charge on any atom is -0.393 e. The third-order valence-corrected chi connectivity index (χ3v) is 5.36. The van der Waals surface area contributed by atoms with Gasteiger partial charge >= 0.3 is 0 Å². The molecule has 3 N–H and O–H groups in total. The van der Waals surface area contributed by atoms with E-state index in [-0.39, 0.29) is 17.4 Å². The lowest BCUT2D eigenvalue weighted by Gasteiger charge is -2.34. The third kappa shape index (κ3) is 2.10. The van der Waals surface area contributed by atoms with E-state index < -0.39 is 21.4 Å². The summed E-state index contributed by atoms with van der Waals surface area (Å²) >= 11 is 0. The first-order chi connectivity index (χ1) is 6.33. The molecule has 0 aromatic heterocycles. The van der Waals surface area contributed by atoms with E-state index in [1.165, 1.54) is 0 Å². The molecule has 1 aliphatic rings. The van der Waals surface area contributed by atoms with Gasteiger partial charge in [-0.05, 0) is 25.8 Å². The largest absolute Gasteiger partial charge is 0.393 e. The fraction of sp³-hybridized carbons (Fsp3) is 1.00. The monoisotopic (exact) mass is 221 g/mol. The van der Waals surface area contributed by atoms with E-state index in [9.17, 15) is 13.5 Å². The summed E-state index contributed by atoms with van der Waals surface area (Å²) in [5.74, 6) is 0.272. The molecule has 0 aliphatic carbocycles. The van der Waals surface area contributed by atoms with Crippen LogP contribution in [0.1, 0.15) is 20.3 Å². The Morgan fingerprint density at radius 2 is 2.07 bits per heavy atom. The summed E-state index contributed by atoms with van der Waals surface area (Å²) in [5.41, 5.74) is 5.24. The fourth-order valence-electron chi connectivity index (χ4n) is 2.16. The molecule has 1 saturated heterocycles. The number of nitrogens with two attached hydrogens (primary N) is 1. The molecule has 0 bridgehead atoms. The smallest absolute Gasteiger partial charge is 0.150 e. The van der Waals surface area contributed by atoms with Crippen molar-refractivity contribution in [2.45, 2.75) is 26.4 Å². The summed E-state index contributed by atoms with van der Waals surface area (Å²) in [7, 11) is -2.94. The second-order valence-electron chi connectivity index (χ2n) is 4.44. The molecular weight excluding hydrogens is 202 g/mol. The molecule has 0 aromatic rings. The van der Waals surface area contributed by atoms with Gasteiger partial charge < -0.3 is 10.8 Å². The Hall–Kier alpha value is -0.130. The molecule has 84 valence electrons. The molecule has 0 saturated carbocycles. The van der Waals surface area contributed by atoms with Crippen molar-refractivity contribution in [2.24, 2.45) is 17.1 Å². The highest BCUT2D eigenvalue weighted by Gasteiger charge is 2.46. The van der Waals surface area contributed by atoms with Crippen molar-refractivity contribution in [3.63, 3.8) is 0 Å². The Balaban J connectivity index is 2.90. The maximum absolute atomic E-state index is 11.4. The van der Waals surface area contributed by atoms with E-state index in [2.05, 4.69) is 0 Å². The van der Waals surface area contributed by atoms with Gasteiger partial charge in [-0.3, -0.25) is 0 Å². The first kappa shape index (κ1) is 11.9. The van der Waals surface area contributed by atoms with Crippen molar-refractivity contribution in [2.75, 3.05) is 18.1 Å². The Bertz CT molecular complexity index is 299. The van der Waals surface area contributed by atoms with Crippen molar-refractivity contribution in [1.29, 1.82) is 0 Å². The summed E-state index contributed by atoms with van der Waals surface area (Å²) < 4.78 is 22.8. The van der Waals surface area contributed by atoms with E-state index in [0.717, 1.165) is 0 Å². The maximum Gasteiger partial charge on any atom is 0.150 e. The molecule has 0 aromatic carbocycles. The molecule has 1 heterocycles. The molecule has 14 heavy (non-hydrogen) atoms. The number of hydrogen-bond acceptors (Lipinski definition) is 4. The first-order valence-electron chi connectivity index (χ1n) is 4.91. The third-order valence-electron chi connectivity index (χ3n) is 3.51. The van der Waals surface area contributed by atoms with Crippen LogP contribution in [0.25, 0.3) is 0 Å². The Labute approximate surface area is 85.4 Å². The second kappa shape index (κ2) is 3.79. The van der Waals surface area contributed by atoms with E-state index >= 15 is 0 Å². The summed E-state index contributed by atoms with van der Waals surface area (Å²) in [4.78, 5) is 0. The zero-order valence-electron chi connectivity index (χ0n) is 8.73. The van der Waals surface area contributed by atoms with Gasteiger partial charge in [-0.15, -0.1) is 0 Å². The van der Waals surface area contributed by atoms with Crippen LogP contribution in [0, 0.1) is 11.3 Å². The molecule has 0 spiro atoms. The Kier molecular flexibility index (Phi) is 3.23. The van der Waals surface area contributed by atoms with Crippen LogP contribution in [0.5, 0.6) is 0 Å². The Morgan fingerprint density at radius 3 is 2.36 bits per heavy atom. The summed E-state index contributed by atoms with van der Waals surface area (Å²) in [6.07, 6.45) is 0.0737. The number of hydrogen-bond donors (Lipinski definition) is 2. The lowest BCUT2D eigenvalue weighted by atomic mass is 9.73. The van der Waals surface area contributed by atoms with Crippen LogP contribution in [-0.4, -0.2) is 37.7 Å². The zero-order chi connectivity index (χ0) is 11.0. The van der Waals surface area contributed by atoms with Crippen molar-refractivity contribution in [1.82, 2.24) is 0 Å². The van der Waals surface area contributed by atoms with E-state index in [4.69, 9.17) is 5.73 Å². The molecule has 5 heteroatoms. The maximum atomic E-state index is 11.4. The minimum absolute atomic E-state index is 0.0650. The Morgan fingerprint density at radius 1 is 1.50 bits per heavy atom. The van der Waals surface area contributed by atoms with E-state index in [1.54, 1.807) is 6.92 Å². The predicted octanol–water partition coefficient (Wildman–Crippen LogP) is -0.233. The van der Waals surface area contributed by atoms with Crippen LogP contribution in [0.15, 0.2) is 0 Å². The van der Waals surface area contributed by atoms with E-state index in [0.29, 0.717) is 13.0 Å². The molecule has 1 aliphatic heterocycles. The summed E-state index contributed by atoms with van der Waals surface area (Å²) in [5, 5.41) is 9.50. The standard InChI is InChI=1S/C9H19NO3S/c1-7(8(2)11)9(5-10)3-4-14(12,13)6-9/h7-8,11H,3-6,10H2,1-2H3. The molecule has 1 fully saturated rings. The van der Waals surface area contributed by atoms with Gasteiger partial charge in [-0.25, -0.2) is 8.42 Å². The van der Waals surface area contributed by atoms with Gasteiger partial charge in [0.15, 0.2) is 9.84 Å². The molecule has 0 amide bonds. The minimum atomic E-state index is -2.94. The lowest BCUT2D eigenvalue weighted by Crippen LogP contribution is -2.42. The van der Waals surface area contributed by atoms with Crippen molar-refractivity contribution in [3.8, 4) is 0 Å². The van der Waals surface area contributed by atoms with Gasteiger partial charge in [0, 0.05) is 5.41 Å². The zero-order valence-corrected chi connectivity index (χ0v) is 9.55. The highest BCUT2D eigenvalue weighted by molar-refractivity contribution is 7.91. The van der Waals surface area contributed by atoms with Crippen LogP contribution in [0.2, 0.25) is 0 Å². The SMILES string of the molecule is CC(O)C(C)C1(CN)CCS(=O)(=O)C1. The summed E-state index contributed by atoms with van der Waals surface area (Å²) in [6.45, 7) is 3.89. The van der Waals surface area contributed by atoms with Crippen molar-refractivity contribution >= 4 is 9.84 Å². The highest BCUT2D eigenvalue weighted by atomic mass is 32.2. The predicted molar refractivity (Wildman–Crippen MR) is 55.6 cm³/mol. The quantitative estimate of drug-likeness (QED) is 0.689.